The molecule has 0 atom stereocenters. The molecule has 0 saturated heterocycles. The number of nitrogens with zero attached hydrogens (tertiary/aromatic N) is 1. The monoisotopic (exact) mass is 162 g/mol. The van der Waals surface area contributed by atoms with Crippen molar-refractivity contribution in [3.8, 4) is 0 Å². The predicted molar refractivity (Wildman–Crippen MR) is 42.5 cm³/mol. The average molecular weight is 162 g/mol. The van der Waals surface area contributed by atoms with Crippen LogP contribution in [0.3, 0.4) is 0 Å². The van der Waals surface area contributed by atoms with E-state index < -0.39 is 5.54 Å². The van der Waals surface area contributed by atoms with Gasteiger partial charge in [0.25, 0.3) is 0 Å². The third-order valence-corrected chi connectivity index (χ3v) is 2.37. The Bertz CT molecular complexity index is 128. The lowest BCUT2D eigenvalue weighted by atomic mass is 9.77. The van der Waals surface area contributed by atoms with Crippen molar-refractivity contribution in [3.63, 3.8) is 0 Å². The van der Waals surface area contributed by atoms with Crippen molar-refractivity contribution in [3.05, 3.63) is 5.21 Å². The van der Waals surface area contributed by atoms with Crippen LogP contribution in [-0.4, -0.2) is 16.0 Å². The third-order valence-electron chi connectivity index (χ3n) is 2.37. The first kappa shape index (κ1) is 10.8. The lowest BCUT2D eigenvalue weighted by Gasteiger charge is -2.48. The summed E-state index contributed by atoms with van der Waals surface area (Å²) >= 11 is 0. The molecule has 0 radical (unpaired) electrons. The molecule has 0 aromatic heterocycles. The van der Waals surface area contributed by atoms with Crippen LogP contribution in [0.5, 0.6) is 0 Å². The molecule has 0 aliphatic rings. The minimum Gasteiger partial charge on any atom is -0.759 e. The van der Waals surface area contributed by atoms with Gasteiger partial charge in [0, 0.05) is 5.54 Å². The van der Waals surface area contributed by atoms with Gasteiger partial charge in [-0.25, -0.2) is 10.5 Å². The van der Waals surface area contributed by atoms with Gasteiger partial charge in [0.15, 0.2) is 0 Å². The first-order valence-corrected chi connectivity index (χ1v) is 3.52. The Morgan fingerprint density at radius 2 is 1.55 bits per heavy atom. The minimum absolute atomic E-state index is 0.201. The summed E-state index contributed by atoms with van der Waals surface area (Å²) in [4.78, 5) is 3.62. The van der Waals surface area contributed by atoms with E-state index in [0.29, 0.717) is 0 Å². The van der Waals surface area contributed by atoms with Gasteiger partial charge in [-0.05, 0) is 19.3 Å². The van der Waals surface area contributed by atoms with Crippen LogP contribution in [-0.2, 0) is 4.99 Å². The van der Waals surface area contributed by atoms with E-state index in [9.17, 15) is 5.21 Å². The van der Waals surface area contributed by atoms with Gasteiger partial charge in [0.05, 0.1) is 0 Å². The zero-order valence-corrected chi connectivity index (χ0v) is 7.71. The van der Waals surface area contributed by atoms with Gasteiger partial charge in [-0.3, -0.25) is 0 Å². The normalized spacial score (nSPS) is 14.2. The van der Waals surface area contributed by atoms with E-state index in [2.05, 4.69) is 4.99 Å². The maximum Gasteiger partial charge on any atom is 0.0351 e. The standard InChI is InChI=1S/C7H16NO3/c1-6(2,3)7(4,5)8(9)11-10/h10H,1-5H3/q-1. The van der Waals surface area contributed by atoms with Crippen molar-refractivity contribution >= 4 is 0 Å². The highest BCUT2D eigenvalue weighted by Crippen LogP contribution is 2.34. The molecule has 0 aliphatic carbocycles. The van der Waals surface area contributed by atoms with Gasteiger partial charge in [0.1, 0.15) is 0 Å². The smallest absolute Gasteiger partial charge is 0.0351 e. The van der Waals surface area contributed by atoms with Crippen molar-refractivity contribution in [2.45, 2.75) is 40.2 Å². The molecule has 0 unspecified atom stereocenters. The Morgan fingerprint density at radius 1 is 1.18 bits per heavy atom. The Morgan fingerprint density at radius 3 is 1.64 bits per heavy atom. The Kier molecular flexibility index (Phi) is 3.02. The first-order chi connectivity index (χ1) is 4.73. The van der Waals surface area contributed by atoms with E-state index in [0.717, 1.165) is 0 Å². The summed E-state index contributed by atoms with van der Waals surface area (Å²) in [6, 6.07) is 0. The number of rotatable bonds is 2. The summed E-state index contributed by atoms with van der Waals surface area (Å²) in [5.41, 5.74) is -1.00. The molecule has 0 rings (SSSR count). The number of hydroxylamine groups is 2. The van der Waals surface area contributed by atoms with Gasteiger partial charge in [-0.1, -0.05) is 20.8 Å². The molecule has 1 N–H and O–H groups in total. The van der Waals surface area contributed by atoms with Crippen molar-refractivity contribution in [1.82, 2.24) is 5.23 Å². The van der Waals surface area contributed by atoms with Crippen LogP contribution in [0.4, 0.5) is 0 Å². The molecule has 0 bridgehead atoms. The van der Waals surface area contributed by atoms with Crippen LogP contribution in [0, 0.1) is 10.6 Å². The number of hydrogen-bond acceptors (Lipinski definition) is 4. The summed E-state index contributed by atoms with van der Waals surface area (Å²) in [7, 11) is 0. The molecule has 0 spiro atoms. The summed E-state index contributed by atoms with van der Waals surface area (Å²) < 4.78 is 0. The van der Waals surface area contributed by atoms with Crippen LogP contribution in [0.2, 0.25) is 0 Å². The highest BCUT2D eigenvalue weighted by molar-refractivity contribution is 4.89. The lowest BCUT2D eigenvalue weighted by Crippen LogP contribution is -2.49. The predicted octanol–water partition coefficient (Wildman–Crippen LogP) is 2.02. The van der Waals surface area contributed by atoms with Gasteiger partial charge in [-0.2, -0.15) is 4.99 Å². The van der Waals surface area contributed by atoms with Crippen LogP contribution in [0.15, 0.2) is 0 Å². The topological polar surface area (TPSA) is 55.8 Å². The van der Waals surface area contributed by atoms with Crippen LogP contribution < -0.4 is 0 Å². The molecular formula is C7H16NO3-. The molecule has 0 heterocycles. The molecule has 11 heavy (non-hydrogen) atoms. The van der Waals surface area contributed by atoms with E-state index in [1.165, 1.54) is 0 Å². The lowest BCUT2D eigenvalue weighted by molar-refractivity contribution is -0.410. The van der Waals surface area contributed by atoms with Crippen LogP contribution in [0.1, 0.15) is 34.6 Å². The van der Waals surface area contributed by atoms with E-state index in [1.807, 2.05) is 20.8 Å². The van der Waals surface area contributed by atoms with Crippen molar-refractivity contribution in [1.29, 1.82) is 0 Å². The van der Waals surface area contributed by atoms with E-state index in [4.69, 9.17) is 5.26 Å². The zero-order chi connectivity index (χ0) is 9.28. The second-order valence-electron chi connectivity index (χ2n) is 4.15. The molecule has 0 fully saturated rings. The average Bonchev–Trinajstić information content (AvgIpc) is 1.83. The van der Waals surface area contributed by atoms with Crippen molar-refractivity contribution in [2.24, 2.45) is 5.41 Å². The fourth-order valence-electron chi connectivity index (χ4n) is 0.376. The largest absolute Gasteiger partial charge is 0.759 e. The molecule has 0 amide bonds. The molecule has 0 saturated carbocycles. The molecular weight excluding hydrogens is 146 g/mol. The van der Waals surface area contributed by atoms with Crippen molar-refractivity contribution < 1.29 is 10.2 Å². The second-order valence-corrected chi connectivity index (χ2v) is 4.15. The van der Waals surface area contributed by atoms with Crippen LogP contribution in [0.25, 0.3) is 0 Å². The molecule has 0 aromatic carbocycles. The minimum atomic E-state index is -0.748. The van der Waals surface area contributed by atoms with Gasteiger partial charge in [0.2, 0.25) is 0 Å². The highest BCUT2D eigenvalue weighted by Gasteiger charge is 2.35. The van der Waals surface area contributed by atoms with Gasteiger partial charge in [-0.15, -0.1) is 0 Å². The van der Waals surface area contributed by atoms with Crippen LogP contribution >= 0.6 is 0 Å². The maximum atomic E-state index is 10.9. The Hall–Kier alpha value is -0.160. The fourth-order valence-corrected chi connectivity index (χ4v) is 0.376. The van der Waals surface area contributed by atoms with Gasteiger partial charge >= 0.3 is 0 Å². The van der Waals surface area contributed by atoms with E-state index in [1.54, 1.807) is 13.8 Å². The molecule has 0 aromatic rings. The molecule has 68 valence electrons. The SMILES string of the molecule is CC(C)(C)C(C)(C)N([O-])OO. The number of hydrogen-bond donors (Lipinski definition) is 1. The molecule has 0 aliphatic heterocycles. The first-order valence-electron chi connectivity index (χ1n) is 3.52. The van der Waals surface area contributed by atoms with E-state index >= 15 is 0 Å². The summed E-state index contributed by atoms with van der Waals surface area (Å²) in [5.74, 6) is 0. The Labute approximate surface area is 67.2 Å². The quantitative estimate of drug-likeness (QED) is 0.498. The van der Waals surface area contributed by atoms with Gasteiger partial charge < -0.3 is 5.21 Å². The Balaban J connectivity index is 4.45. The highest BCUT2D eigenvalue weighted by atomic mass is 17.2. The fraction of sp³-hybridized carbons (Fsp3) is 1.00. The molecule has 4 heteroatoms. The second kappa shape index (κ2) is 3.06. The zero-order valence-electron chi connectivity index (χ0n) is 7.71. The third kappa shape index (κ3) is 2.13. The van der Waals surface area contributed by atoms with Crippen molar-refractivity contribution in [2.75, 3.05) is 0 Å². The summed E-state index contributed by atoms with van der Waals surface area (Å²) in [6.07, 6.45) is 0. The summed E-state index contributed by atoms with van der Waals surface area (Å²) in [5, 5.41) is 19.3. The maximum absolute atomic E-state index is 10.9. The summed E-state index contributed by atoms with van der Waals surface area (Å²) in [6.45, 7) is 9.11. The van der Waals surface area contributed by atoms with E-state index in [-0.39, 0.29) is 10.6 Å². The molecule has 4 nitrogen and oxygen atoms in total.